The van der Waals surface area contributed by atoms with Gasteiger partial charge in [0.2, 0.25) is 0 Å². The molecule has 118 valence electrons. The summed E-state index contributed by atoms with van der Waals surface area (Å²) in [7, 11) is 0. The third-order valence-electron chi connectivity index (χ3n) is 4.35. The summed E-state index contributed by atoms with van der Waals surface area (Å²) in [5.74, 6) is 0.649. The van der Waals surface area contributed by atoms with Crippen molar-refractivity contribution in [3.05, 3.63) is 0 Å². The van der Waals surface area contributed by atoms with Crippen LogP contribution in [0.3, 0.4) is 0 Å². The SMILES string of the molecule is CCOC(=O)C(C)(N)CCCCN(CC)CC1CCC1. The Kier molecular flexibility index (Phi) is 7.52. The van der Waals surface area contributed by atoms with E-state index in [9.17, 15) is 4.79 Å². The van der Waals surface area contributed by atoms with Crippen LogP contribution in [0.4, 0.5) is 0 Å². The Morgan fingerprint density at radius 3 is 2.55 bits per heavy atom. The minimum atomic E-state index is -0.832. The number of carbonyl (C=O) groups excluding carboxylic acids is 1. The highest BCUT2D eigenvalue weighted by Crippen LogP contribution is 2.27. The average molecular weight is 284 g/mol. The summed E-state index contributed by atoms with van der Waals surface area (Å²) >= 11 is 0. The van der Waals surface area contributed by atoms with Crippen LogP contribution >= 0.6 is 0 Å². The minimum absolute atomic E-state index is 0.276. The van der Waals surface area contributed by atoms with Crippen LogP contribution < -0.4 is 5.73 Å². The quantitative estimate of drug-likeness (QED) is 0.495. The van der Waals surface area contributed by atoms with Crippen molar-refractivity contribution in [3.8, 4) is 0 Å². The lowest BCUT2D eigenvalue weighted by molar-refractivity contribution is -0.149. The van der Waals surface area contributed by atoms with E-state index in [1.807, 2.05) is 6.92 Å². The maximum absolute atomic E-state index is 11.7. The van der Waals surface area contributed by atoms with Gasteiger partial charge in [0, 0.05) is 6.54 Å². The minimum Gasteiger partial charge on any atom is -0.465 e. The zero-order valence-electron chi connectivity index (χ0n) is 13.5. The van der Waals surface area contributed by atoms with Crippen LogP contribution in [0, 0.1) is 5.92 Å². The van der Waals surface area contributed by atoms with Crippen LogP contribution in [0.1, 0.15) is 59.3 Å². The Morgan fingerprint density at radius 1 is 1.35 bits per heavy atom. The fraction of sp³-hybridized carbons (Fsp3) is 0.938. The summed E-state index contributed by atoms with van der Waals surface area (Å²) in [6.07, 6.45) is 7.00. The van der Waals surface area contributed by atoms with Crippen molar-refractivity contribution in [2.75, 3.05) is 26.2 Å². The Labute approximate surface area is 124 Å². The molecule has 0 spiro atoms. The molecule has 1 aliphatic rings. The fourth-order valence-corrected chi connectivity index (χ4v) is 2.64. The molecule has 1 atom stereocenters. The summed E-state index contributed by atoms with van der Waals surface area (Å²) in [4.78, 5) is 14.2. The molecular weight excluding hydrogens is 252 g/mol. The van der Waals surface area contributed by atoms with Crippen molar-refractivity contribution in [1.82, 2.24) is 4.90 Å². The standard InChI is InChI=1S/C16H32N2O2/c1-4-18(13-14-9-8-10-14)12-7-6-11-16(3,17)15(19)20-5-2/h14H,4-13,17H2,1-3H3. The van der Waals surface area contributed by atoms with Crippen molar-refractivity contribution in [2.45, 2.75) is 64.8 Å². The largest absolute Gasteiger partial charge is 0.465 e. The van der Waals surface area contributed by atoms with Gasteiger partial charge in [0.15, 0.2) is 0 Å². The second-order valence-electron chi connectivity index (χ2n) is 6.29. The molecule has 4 heteroatoms. The predicted octanol–water partition coefficient (Wildman–Crippen LogP) is 2.56. The first-order valence-corrected chi connectivity index (χ1v) is 8.18. The zero-order chi connectivity index (χ0) is 15.0. The van der Waals surface area contributed by atoms with Crippen molar-refractivity contribution in [2.24, 2.45) is 11.7 Å². The predicted molar refractivity (Wildman–Crippen MR) is 82.5 cm³/mol. The molecule has 0 aromatic rings. The van der Waals surface area contributed by atoms with Crippen LogP contribution in [-0.2, 0) is 9.53 Å². The highest BCUT2D eigenvalue weighted by Gasteiger charge is 2.29. The Balaban J connectivity index is 2.16. The summed E-state index contributed by atoms with van der Waals surface area (Å²) in [5, 5.41) is 0. The van der Waals surface area contributed by atoms with E-state index in [0.29, 0.717) is 13.0 Å². The molecule has 1 unspecified atom stereocenters. The highest BCUT2D eigenvalue weighted by atomic mass is 16.5. The van der Waals surface area contributed by atoms with Gasteiger partial charge in [-0.25, -0.2) is 0 Å². The van der Waals surface area contributed by atoms with Crippen LogP contribution in [0.2, 0.25) is 0 Å². The van der Waals surface area contributed by atoms with Gasteiger partial charge >= 0.3 is 5.97 Å². The molecule has 0 amide bonds. The smallest absolute Gasteiger partial charge is 0.325 e. The van der Waals surface area contributed by atoms with Crippen molar-refractivity contribution in [3.63, 3.8) is 0 Å². The number of rotatable bonds is 10. The van der Waals surface area contributed by atoms with Crippen molar-refractivity contribution < 1.29 is 9.53 Å². The monoisotopic (exact) mass is 284 g/mol. The molecule has 1 saturated carbocycles. The molecule has 0 aromatic heterocycles. The van der Waals surface area contributed by atoms with Crippen molar-refractivity contribution in [1.29, 1.82) is 0 Å². The molecule has 0 aliphatic heterocycles. The number of hydrogen-bond acceptors (Lipinski definition) is 4. The second-order valence-corrected chi connectivity index (χ2v) is 6.29. The lowest BCUT2D eigenvalue weighted by Crippen LogP contribution is -2.46. The van der Waals surface area contributed by atoms with Gasteiger partial charge in [-0.1, -0.05) is 13.3 Å². The first-order valence-electron chi connectivity index (χ1n) is 8.18. The number of nitrogens with two attached hydrogens (primary N) is 1. The average Bonchev–Trinajstić information content (AvgIpc) is 2.36. The molecule has 0 bridgehead atoms. The topological polar surface area (TPSA) is 55.6 Å². The van der Waals surface area contributed by atoms with E-state index in [-0.39, 0.29) is 5.97 Å². The van der Waals surface area contributed by atoms with Gasteiger partial charge in [-0.15, -0.1) is 0 Å². The third-order valence-corrected chi connectivity index (χ3v) is 4.35. The number of hydrogen-bond donors (Lipinski definition) is 1. The third kappa shape index (κ3) is 5.80. The molecule has 0 aromatic carbocycles. The summed E-state index contributed by atoms with van der Waals surface area (Å²) in [5.41, 5.74) is 5.19. The first-order chi connectivity index (χ1) is 9.49. The van der Waals surface area contributed by atoms with Crippen LogP contribution in [0.5, 0.6) is 0 Å². The van der Waals surface area contributed by atoms with Crippen LogP contribution in [-0.4, -0.2) is 42.6 Å². The van der Waals surface area contributed by atoms with Crippen LogP contribution in [0.15, 0.2) is 0 Å². The van der Waals surface area contributed by atoms with Gasteiger partial charge in [0.25, 0.3) is 0 Å². The fourth-order valence-electron chi connectivity index (χ4n) is 2.64. The Hall–Kier alpha value is -0.610. The number of nitrogens with zero attached hydrogens (tertiary/aromatic N) is 1. The first kappa shape index (κ1) is 17.4. The van der Waals surface area contributed by atoms with E-state index >= 15 is 0 Å². The van der Waals surface area contributed by atoms with E-state index in [4.69, 9.17) is 10.5 Å². The molecule has 0 heterocycles. The normalized spacial score (nSPS) is 18.6. The van der Waals surface area contributed by atoms with Gasteiger partial charge in [0.05, 0.1) is 6.61 Å². The molecule has 1 rings (SSSR count). The van der Waals surface area contributed by atoms with Gasteiger partial charge in [-0.2, -0.15) is 0 Å². The number of carbonyl (C=O) groups is 1. The van der Waals surface area contributed by atoms with E-state index in [2.05, 4.69) is 11.8 Å². The molecule has 0 radical (unpaired) electrons. The molecule has 4 nitrogen and oxygen atoms in total. The number of esters is 1. The molecule has 1 fully saturated rings. The van der Waals surface area contributed by atoms with E-state index in [1.165, 1.54) is 25.8 Å². The number of ether oxygens (including phenoxy) is 1. The van der Waals surface area contributed by atoms with E-state index < -0.39 is 5.54 Å². The van der Waals surface area contributed by atoms with Gasteiger partial charge in [-0.3, -0.25) is 4.79 Å². The lowest BCUT2D eigenvalue weighted by Gasteiger charge is -2.32. The van der Waals surface area contributed by atoms with E-state index in [1.54, 1.807) is 6.92 Å². The molecular formula is C16H32N2O2. The molecule has 20 heavy (non-hydrogen) atoms. The summed E-state index contributed by atoms with van der Waals surface area (Å²) < 4.78 is 5.01. The van der Waals surface area contributed by atoms with Crippen molar-refractivity contribution >= 4 is 5.97 Å². The van der Waals surface area contributed by atoms with Gasteiger partial charge in [-0.05, 0) is 65.0 Å². The van der Waals surface area contributed by atoms with E-state index in [0.717, 1.165) is 31.8 Å². The maximum atomic E-state index is 11.7. The maximum Gasteiger partial charge on any atom is 0.325 e. The molecule has 1 aliphatic carbocycles. The number of unbranched alkanes of at least 4 members (excludes halogenated alkanes) is 1. The van der Waals surface area contributed by atoms with Gasteiger partial charge in [0.1, 0.15) is 5.54 Å². The summed E-state index contributed by atoms with van der Waals surface area (Å²) in [6.45, 7) is 9.69. The zero-order valence-corrected chi connectivity index (χ0v) is 13.5. The van der Waals surface area contributed by atoms with Crippen LogP contribution in [0.25, 0.3) is 0 Å². The van der Waals surface area contributed by atoms with Gasteiger partial charge < -0.3 is 15.4 Å². The Morgan fingerprint density at radius 2 is 2.05 bits per heavy atom. The Bertz CT molecular complexity index is 288. The lowest BCUT2D eigenvalue weighted by atomic mass is 9.85. The molecule has 2 N–H and O–H groups in total. The molecule has 0 saturated heterocycles. The summed E-state index contributed by atoms with van der Waals surface area (Å²) in [6, 6.07) is 0. The second kappa shape index (κ2) is 8.63. The highest BCUT2D eigenvalue weighted by molar-refractivity contribution is 5.79.